The van der Waals surface area contributed by atoms with Crippen LogP contribution in [0.1, 0.15) is 42.4 Å². The number of carbonyl (C=O) groups is 2. The lowest BCUT2D eigenvalue weighted by Crippen LogP contribution is -2.45. The van der Waals surface area contributed by atoms with E-state index in [1.54, 1.807) is 45.3 Å². The number of benzene rings is 1. The van der Waals surface area contributed by atoms with Crippen molar-refractivity contribution in [1.29, 1.82) is 0 Å². The van der Waals surface area contributed by atoms with Crippen molar-refractivity contribution in [2.75, 3.05) is 4.90 Å². The fourth-order valence-corrected chi connectivity index (χ4v) is 3.62. The molecule has 1 aliphatic heterocycles. The molecule has 3 aromatic rings. The fraction of sp³-hybridized carbons (Fsp3) is 0.238. The van der Waals surface area contributed by atoms with Crippen molar-refractivity contribution in [1.82, 2.24) is 15.4 Å². The van der Waals surface area contributed by atoms with Crippen LogP contribution in [0.15, 0.2) is 35.6 Å². The number of rotatable bonds is 2. The van der Waals surface area contributed by atoms with Crippen LogP contribution in [0.2, 0.25) is 0 Å². The van der Waals surface area contributed by atoms with E-state index in [0.29, 0.717) is 22.2 Å². The maximum absolute atomic E-state index is 12.7. The minimum atomic E-state index is -1.09. The normalized spacial score (nSPS) is 13.3. The zero-order chi connectivity index (χ0) is 20.9. The highest BCUT2D eigenvalue weighted by atomic mass is 16.4. The van der Waals surface area contributed by atoms with Crippen LogP contribution in [-0.4, -0.2) is 38.8 Å². The molecule has 148 valence electrons. The lowest BCUT2D eigenvalue weighted by atomic mass is 10.00. The summed E-state index contributed by atoms with van der Waals surface area (Å²) < 4.78 is 0. The first-order chi connectivity index (χ1) is 13.7. The number of nitrogens with zero attached hydrogens (tertiary/aromatic N) is 3. The Morgan fingerprint density at radius 3 is 2.59 bits per heavy atom. The van der Waals surface area contributed by atoms with Crippen LogP contribution in [0.5, 0.6) is 0 Å². The number of carboxylic acid groups (broad SMARTS) is 1. The summed E-state index contributed by atoms with van der Waals surface area (Å²) in [5.74, 6) is -0.390. The highest BCUT2D eigenvalue weighted by Gasteiger charge is 2.30. The second-order valence-corrected chi connectivity index (χ2v) is 8.01. The smallest absolute Gasteiger partial charge is 0.412 e. The quantitative estimate of drug-likeness (QED) is 0.615. The maximum Gasteiger partial charge on any atom is 0.412 e. The molecule has 0 spiro atoms. The molecule has 4 rings (SSSR count). The molecule has 0 atom stereocenters. The molecular weight excluding hydrogens is 370 g/mol. The van der Waals surface area contributed by atoms with E-state index in [2.05, 4.69) is 20.5 Å². The van der Waals surface area contributed by atoms with Crippen molar-refractivity contribution in [3.05, 3.63) is 47.3 Å². The standard InChI is InChI=1S/C21H21N5O3/c1-11-5-6-12(9-22-11)18-15-10-23-25-19(27)14-7-13(8-16(24-18)17(14)15)26(20(28)29)21(2,3)4/h5-10,24H,1-4H3,(H,25,27)(H,28,29). The SMILES string of the molecule is Cc1ccc(-c2[nH]c3cc(N(C(=O)O)C(C)(C)C)cc4c3c2C=NNC4=O)cn1. The van der Waals surface area contributed by atoms with Gasteiger partial charge in [0.2, 0.25) is 0 Å². The third kappa shape index (κ3) is 3.12. The molecule has 0 radical (unpaired) electrons. The monoisotopic (exact) mass is 391 g/mol. The summed E-state index contributed by atoms with van der Waals surface area (Å²) >= 11 is 0. The second kappa shape index (κ2) is 6.44. The number of H-pyrrole nitrogens is 1. The molecule has 8 nitrogen and oxygen atoms in total. The van der Waals surface area contributed by atoms with E-state index >= 15 is 0 Å². The summed E-state index contributed by atoms with van der Waals surface area (Å²) in [5, 5.41) is 14.5. The number of nitrogens with one attached hydrogen (secondary N) is 2. The molecule has 2 aromatic heterocycles. The van der Waals surface area contributed by atoms with Gasteiger partial charge in [0.25, 0.3) is 5.91 Å². The summed E-state index contributed by atoms with van der Waals surface area (Å²) in [6.07, 6.45) is 2.26. The maximum atomic E-state index is 12.7. The van der Waals surface area contributed by atoms with Gasteiger partial charge in [-0.1, -0.05) is 0 Å². The highest BCUT2D eigenvalue weighted by Crippen LogP contribution is 2.36. The van der Waals surface area contributed by atoms with Crippen LogP contribution in [-0.2, 0) is 0 Å². The first-order valence-electron chi connectivity index (χ1n) is 9.16. The summed E-state index contributed by atoms with van der Waals surface area (Å²) in [5.41, 5.74) is 6.49. The molecule has 0 fully saturated rings. The number of hydrogen-bond acceptors (Lipinski definition) is 4. The summed E-state index contributed by atoms with van der Waals surface area (Å²) in [6, 6.07) is 7.19. The average Bonchev–Trinajstić information content (AvgIpc) is 2.89. The molecule has 0 unspecified atom stereocenters. The zero-order valence-electron chi connectivity index (χ0n) is 16.6. The Balaban J connectivity index is 2.02. The Kier molecular flexibility index (Phi) is 4.15. The number of aryl methyl sites for hydroxylation is 1. The van der Waals surface area contributed by atoms with Gasteiger partial charge < -0.3 is 10.1 Å². The van der Waals surface area contributed by atoms with Crippen LogP contribution in [0.3, 0.4) is 0 Å². The number of anilines is 1. The van der Waals surface area contributed by atoms with Crippen LogP contribution in [0, 0.1) is 6.92 Å². The minimum absolute atomic E-state index is 0.364. The first-order valence-corrected chi connectivity index (χ1v) is 9.16. The summed E-state index contributed by atoms with van der Waals surface area (Å²) in [7, 11) is 0. The van der Waals surface area contributed by atoms with Gasteiger partial charge in [0.15, 0.2) is 0 Å². The molecule has 0 saturated heterocycles. The molecular formula is C21H21N5O3. The van der Waals surface area contributed by atoms with E-state index in [4.69, 9.17) is 0 Å². The summed E-state index contributed by atoms with van der Waals surface area (Å²) in [4.78, 5) is 33.5. The fourth-order valence-electron chi connectivity index (χ4n) is 3.62. The van der Waals surface area contributed by atoms with Crippen LogP contribution < -0.4 is 10.3 Å². The van der Waals surface area contributed by atoms with E-state index in [1.165, 1.54) is 4.90 Å². The largest absolute Gasteiger partial charge is 0.465 e. The number of pyridine rings is 1. The van der Waals surface area contributed by atoms with E-state index < -0.39 is 17.5 Å². The molecule has 1 aromatic carbocycles. The van der Waals surface area contributed by atoms with Crippen molar-refractivity contribution in [3.63, 3.8) is 0 Å². The van der Waals surface area contributed by atoms with Crippen LogP contribution >= 0.6 is 0 Å². The van der Waals surface area contributed by atoms with Gasteiger partial charge in [0, 0.05) is 39.5 Å². The van der Waals surface area contributed by atoms with Gasteiger partial charge in [-0.3, -0.25) is 14.7 Å². The van der Waals surface area contributed by atoms with Gasteiger partial charge in [-0.2, -0.15) is 5.10 Å². The van der Waals surface area contributed by atoms with Gasteiger partial charge in [0.1, 0.15) is 0 Å². The molecule has 1 aliphatic rings. The minimum Gasteiger partial charge on any atom is -0.465 e. The number of aromatic amines is 1. The van der Waals surface area contributed by atoms with Crippen LogP contribution in [0.4, 0.5) is 10.5 Å². The van der Waals surface area contributed by atoms with E-state index in [9.17, 15) is 14.7 Å². The molecule has 0 bridgehead atoms. The van der Waals surface area contributed by atoms with Gasteiger partial charge in [-0.05, 0) is 52.0 Å². The van der Waals surface area contributed by atoms with Crippen molar-refractivity contribution in [2.24, 2.45) is 5.10 Å². The van der Waals surface area contributed by atoms with Crippen LogP contribution in [0.25, 0.3) is 22.2 Å². The predicted molar refractivity (Wildman–Crippen MR) is 112 cm³/mol. The van der Waals surface area contributed by atoms with Gasteiger partial charge in [-0.25, -0.2) is 10.2 Å². The highest BCUT2D eigenvalue weighted by molar-refractivity contribution is 6.18. The first kappa shape index (κ1) is 18.7. The number of hydrogen-bond donors (Lipinski definition) is 3. The van der Waals surface area contributed by atoms with Crippen molar-refractivity contribution in [3.8, 4) is 11.3 Å². The van der Waals surface area contributed by atoms with E-state index in [0.717, 1.165) is 22.5 Å². The zero-order valence-corrected chi connectivity index (χ0v) is 16.6. The third-order valence-electron chi connectivity index (χ3n) is 4.85. The van der Waals surface area contributed by atoms with Crippen molar-refractivity contribution >= 4 is 34.8 Å². The molecule has 2 amide bonds. The Bertz CT molecular complexity index is 1170. The Morgan fingerprint density at radius 2 is 1.97 bits per heavy atom. The Labute approximate surface area is 167 Å². The molecule has 29 heavy (non-hydrogen) atoms. The topological polar surface area (TPSA) is 111 Å². The lowest BCUT2D eigenvalue weighted by molar-refractivity contribution is 0.0957. The van der Waals surface area contributed by atoms with Crippen molar-refractivity contribution < 1.29 is 14.7 Å². The van der Waals surface area contributed by atoms with Gasteiger partial charge >= 0.3 is 6.09 Å². The van der Waals surface area contributed by atoms with Crippen molar-refractivity contribution in [2.45, 2.75) is 33.2 Å². The Hall–Kier alpha value is -3.68. The molecule has 3 heterocycles. The summed E-state index contributed by atoms with van der Waals surface area (Å²) in [6.45, 7) is 7.31. The van der Waals surface area contributed by atoms with Gasteiger partial charge in [0.05, 0.1) is 23.2 Å². The van der Waals surface area contributed by atoms with E-state index in [-0.39, 0.29) is 0 Å². The predicted octanol–water partition coefficient (Wildman–Crippen LogP) is 3.90. The van der Waals surface area contributed by atoms with E-state index in [1.807, 2.05) is 19.1 Å². The number of amides is 2. The Morgan fingerprint density at radius 1 is 1.21 bits per heavy atom. The third-order valence-corrected chi connectivity index (χ3v) is 4.85. The second-order valence-electron chi connectivity index (χ2n) is 8.01. The lowest BCUT2D eigenvalue weighted by Gasteiger charge is -2.33. The molecule has 3 N–H and O–H groups in total. The number of hydrazone groups is 1. The average molecular weight is 391 g/mol. The molecule has 0 aliphatic carbocycles. The van der Waals surface area contributed by atoms with Gasteiger partial charge in [-0.15, -0.1) is 0 Å². The molecule has 0 saturated carbocycles. The number of carbonyl (C=O) groups excluding carboxylic acids is 1. The number of aromatic nitrogens is 2. The molecule has 8 heteroatoms.